The molecule has 0 saturated carbocycles. The lowest BCUT2D eigenvalue weighted by Gasteiger charge is -2.20. The van der Waals surface area contributed by atoms with Crippen molar-refractivity contribution in [2.45, 2.75) is 92.3 Å². The van der Waals surface area contributed by atoms with Crippen LogP contribution in [0.3, 0.4) is 0 Å². The molecule has 0 N–H and O–H groups in total. The molecule has 0 aromatic heterocycles. The van der Waals surface area contributed by atoms with E-state index in [1.165, 1.54) is 12.8 Å². The fourth-order valence-corrected chi connectivity index (χ4v) is 2.23. The van der Waals surface area contributed by atoms with Crippen LogP contribution in [0.2, 0.25) is 0 Å². The summed E-state index contributed by atoms with van der Waals surface area (Å²) < 4.78 is 10.4. The Labute approximate surface area is 135 Å². The van der Waals surface area contributed by atoms with Crippen LogP contribution in [0.15, 0.2) is 0 Å². The lowest BCUT2D eigenvalue weighted by Crippen LogP contribution is -2.27. The molecule has 0 bridgehead atoms. The lowest BCUT2D eigenvalue weighted by molar-refractivity contribution is -0.189. The molecule has 0 aliphatic carbocycles. The van der Waals surface area contributed by atoms with Crippen molar-refractivity contribution in [1.82, 2.24) is 0 Å². The Morgan fingerprint density at radius 2 is 1.32 bits per heavy atom. The molecule has 0 aliphatic heterocycles. The van der Waals surface area contributed by atoms with Gasteiger partial charge in [0.2, 0.25) is 6.29 Å². The van der Waals surface area contributed by atoms with Crippen LogP contribution in [0, 0.1) is 11.8 Å². The number of hydrogen-bond donors (Lipinski definition) is 0. The maximum Gasteiger partial charge on any atom is 0.311 e. The number of hydrogen-bond acceptors (Lipinski definition) is 4. The molecule has 0 aliphatic rings. The number of carbonyl (C=O) groups excluding carboxylic acids is 2. The number of rotatable bonds is 12. The maximum atomic E-state index is 12.3. The Kier molecular flexibility index (Phi) is 11.9. The molecule has 2 unspecified atom stereocenters. The van der Waals surface area contributed by atoms with E-state index in [1.54, 1.807) is 20.8 Å². The van der Waals surface area contributed by atoms with E-state index in [0.717, 1.165) is 38.5 Å². The first-order valence-electron chi connectivity index (χ1n) is 8.83. The van der Waals surface area contributed by atoms with Crippen molar-refractivity contribution in [3.8, 4) is 0 Å². The monoisotopic (exact) mass is 314 g/mol. The molecule has 0 aromatic carbocycles. The minimum atomic E-state index is -0.804. The highest BCUT2D eigenvalue weighted by molar-refractivity contribution is 5.74. The summed E-state index contributed by atoms with van der Waals surface area (Å²) >= 11 is 0. The second kappa shape index (κ2) is 12.5. The summed E-state index contributed by atoms with van der Waals surface area (Å²) in [6.07, 6.45) is 7.61. The van der Waals surface area contributed by atoms with Crippen LogP contribution < -0.4 is 0 Å². The molecule has 0 radical (unpaired) electrons. The van der Waals surface area contributed by atoms with Gasteiger partial charge in [-0.2, -0.15) is 0 Å². The molecule has 0 rings (SSSR count). The maximum absolute atomic E-state index is 12.3. The summed E-state index contributed by atoms with van der Waals surface area (Å²) in [5, 5.41) is 0. The third-order valence-electron chi connectivity index (χ3n) is 3.68. The summed E-state index contributed by atoms with van der Waals surface area (Å²) in [6, 6.07) is 0. The predicted molar refractivity (Wildman–Crippen MR) is 88.3 cm³/mol. The summed E-state index contributed by atoms with van der Waals surface area (Å²) in [5.74, 6) is -0.856. The molecule has 2 atom stereocenters. The topological polar surface area (TPSA) is 52.6 Å². The highest BCUT2D eigenvalue weighted by atomic mass is 16.7. The smallest absolute Gasteiger partial charge is 0.311 e. The number of ether oxygens (including phenoxy) is 2. The van der Waals surface area contributed by atoms with E-state index in [0.29, 0.717) is 0 Å². The SMILES string of the molecule is CCCCCCC(CCCC)C(=O)OC(C)OC(=O)C(C)C. The van der Waals surface area contributed by atoms with E-state index < -0.39 is 6.29 Å². The molecule has 0 spiro atoms. The van der Waals surface area contributed by atoms with Gasteiger partial charge < -0.3 is 9.47 Å². The highest BCUT2D eigenvalue weighted by Crippen LogP contribution is 2.20. The van der Waals surface area contributed by atoms with Crippen molar-refractivity contribution in [1.29, 1.82) is 0 Å². The van der Waals surface area contributed by atoms with Crippen molar-refractivity contribution in [3.63, 3.8) is 0 Å². The van der Waals surface area contributed by atoms with Gasteiger partial charge in [0.1, 0.15) is 0 Å². The van der Waals surface area contributed by atoms with Gasteiger partial charge in [0.25, 0.3) is 0 Å². The molecular formula is C18H34O4. The predicted octanol–water partition coefficient (Wildman–Crippen LogP) is 4.85. The molecule has 0 heterocycles. The van der Waals surface area contributed by atoms with Crippen molar-refractivity contribution >= 4 is 11.9 Å². The van der Waals surface area contributed by atoms with Gasteiger partial charge >= 0.3 is 11.9 Å². The largest absolute Gasteiger partial charge is 0.425 e. The Morgan fingerprint density at radius 1 is 0.773 bits per heavy atom. The van der Waals surface area contributed by atoms with Crippen molar-refractivity contribution in [2.24, 2.45) is 11.8 Å². The number of esters is 2. The van der Waals surface area contributed by atoms with Crippen molar-refractivity contribution in [2.75, 3.05) is 0 Å². The minimum Gasteiger partial charge on any atom is -0.425 e. The van der Waals surface area contributed by atoms with Crippen LogP contribution in [0.4, 0.5) is 0 Å². The fraction of sp³-hybridized carbons (Fsp3) is 0.889. The van der Waals surface area contributed by atoms with Crippen LogP contribution in [-0.2, 0) is 19.1 Å². The molecule has 22 heavy (non-hydrogen) atoms. The molecule has 4 nitrogen and oxygen atoms in total. The van der Waals surface area contributed by atoms with Gasteiger partial charge in [-0.25, -0.2) is 0 Å². The van der Waals surface area contributed by atoms with Gasteiger partial charge in [-0.1, -0.05) is 66.2 Å². The van der Waals surface area contributed by atoms with E-state index >= 15 is 0 Å². The molecule has 0 fully saturated rings. The average molecular weight is 314 g/mol. The van der Waals surface area contributed by atoms with Crippen LogP contribution in [0.1, 0.15) is 86.0 Å². The van der Waals surface area contributed by atoms with Crippen LogP contribution in [0.5, 0.6) is 0 Å². The van der Waals surface area contributed by atoms with E-state index in [1.807, 2.05) is 0 Å². The first-order chi connectivity index (χ1) is 10.4. The van der Waals surface area contributed by atoms with Gasteiger partial charge in [0, 0.05) is 6.92 Å². The number of unbranched alkanes of at least 4 members (excludes halogenated alkanes) is 4. The normalized spacial score (nSPS) is 13.7. The minimum absolute atomic E-state index is 0.0722. The van der Waals surface area contributed by atoms with Crippen LogP contribution >= 0.6 is 0 Å². The van der Waals surface area contributed by atoms with Gasteiger partial charge in [-0.15, -0.1) is 0 Å². The zero-order chi connectivity index (χ0) is 17.0. The highest BCUT2D eigenvalue weighted by Gasteiger charge is 2.23. The first kappa shape index (κ1) is 20.9. The van der Waals surface area contributed by atoms with E-state index in [9.17, 15) is 9.59 Å². The Bertz CT molecular complexity index is 312. The second-order valence-electron chi connectivity index (χ2n) is 6.28. The molecule has 0 aromatic rings. The average Bonchev–Trinajstić information content (AvgIpc) is 2.45. The Balaban J connectivity index is 4.32. The van der Waals surface area contributed by atoms with Crippen LogP contribution in [0.25, 0.3) is 0 Å². The summed E-state index contributed by atoms with van der Waals surface area (Å²) in [7, 11) is 0. The zero-order valence-electron chi connectivity index (χ0n) is 15.0. The lowest BCUT2D eigenvalue weighted by atomic mass is 9.95. The Hall–Kier alpha value is -1.06. The van der Waals surface area contributed by atoms with Crippen molar-refractivity contribution in [3.05, 3.63) is 0 Å². The Morgan fingerprint density at radius 3 is 1.86 bits per heavy atom. The van der Waals surface area contributed by atoms with E-state index in [4.69, 9.17) is 9.47 Å². The van der Waals surface area contributed by atoms with Gasteiger partial charge in [-0.05, 0) is 12.8 Å². The summed E-state index contributed by atoms with van der Waals surface area (Å²) in [4.78, 5) is 23.8. The third-order valence-corrected chi connectivity index (χ3v) is 3.68. The van der Waals surface area contributed by atoms with Crippen LogP contribution in [-0.4, -0.2) is 18.2 Å². The quantitative estimate of drug-likeness (QED) is 0.293. The first-order valence-corrected chi connectivity index (χ1v) is 8.83. The van der Waals surface area contributed by atoms with E-state index in [-0.39, 0.29) is 23.8 Å². The summed E-state index contributed by atoms with van der Waals surface area (Å²) in [6.45, 7) is 9.41. The fourth-order valence-electron chi connectivity index (χ4n) is 2.23. The van der Waals surface area contributed by atoms with Gasteiger partial charge in [-0.3, -0.25) is 9.59 Å². The summed E-state index contributed by atoms with van der Waals surface area (Å²) in [5.41, 5.74) is 0. The van der Waals surface area contributed by atoms with Gasteiger partial charge in [0.15, 0.2) is 0 Å². The van der Waals surface area contributed by atoms with Gasteiger partial charge in [0.05, 0.1) is 11.8 Å². The number of carbonyl (C=O) groups is 2. The molecule has 0 saturated heterocycles. The molecule has 0 amide bonds. The molecule has 130 valence electrons. The third kappa shape index (κ3) is 9.80. The van der Waals surface area contributed by atoms with Crippen molar-refractivity contribution < 1.29 is 19.1 Å². The second-order valence-corrected chi connectivity index (χ2v) is 6.28. The molecular weight excluding hydrogens is 280 g/mol. The molecule has 4 heteroatoms. The standard InChI is InChI=1S/C18H34O4/c1-6-8-10-11-13-16(12-9-7-2)18(20)22-15(5)21-17(19)14(3)4/h14-16H,6-13H2,1-5H3. The van der Waals surface area contributed by atoms with E-state index in [2.05, 4.69) is 13.8 Å². The zero-order valence-corrected chi connectivity index (χ0v) is 15.0.